The van der Waals surface area contributed by atoms with Crippen LogP contribution in [0.1, 0.15) is 23.1 Å². The normalized spacial score (nSPS) is 21.2. The molecule has 2 nitrogen and oxygen atoms in total. The van der Waals surface area contributed by atoms with Gasteiger partial charge in [-0.2, -0.15) is 0 Å². The van der Waals surface area contributed by atoms with Gasteiger partial charge in [0, 0.05) is 0 Å². The third-order valence-corrected chi connectivity index (χ3v) is 2.66. The second kappa shape index (κ2) is 3.48. The highest BCUT2D eigenvalue weighted by Gasteiger charge is 2.15. The Bertz CT molecular complexity index is 307. The van der Waals surface area contributed by atoms with Crippen LogP contribution in [-0.2, 0) is 19.4 Å². The highest BCUT2D eigenvalue weighted by Crippen LogP contribution is 2.22. The number of aliphatic hydroxyl groups excluding tert-OH is 2. The number of fused-ring (bicyclic) bond motifs is 1. The van der Waals surface area contributed by atoms with Gasteiger partial charge in [0.2, 0.25) is 0 Å². The molecule has 0 saturated heterocycles. The predicted octanol–water partition coefficient (Wildman–Crippen LogP) is 1.03. The molecule has 1 aliphatic rings. The summed E-state index contributed by atoms with van der Waals surface area (Å²) in [5, 5.41) is 18.4. The minimum absolute atomic E-state index is 0.107. The topological polar surface area (TPSA) is 40.5 Å². The van der Waals surface area contributed by atoms with Crippen molar-refractivity contribution in [3.05, 3.63) is 34.9 Å². The Balaban J connectivity index is 2.31. The standard InChI is InChI=1S/C11H14O2/c12-7-8-1-2-10-6-11(13)4-3-9(10)5-8/h1-2,5,11-13H,3-4,6-7H2. The van der Waals surface area contributed by atoms with Crippen LogP contribution in [0, 0.1) is 0 Å². The first kappa shape index (κ1) is 8.73. The van der Waals surface area contributed by atoms with E-state index in [0.29, 0.717) is 0 Å². The van der Waals surface area contributed by atoms with Crippen molar-refractivity contribution < 1.29 is 10.2 Å². The van der Waals surface area contributed by atoms with Crippen molar-refractivity contribution in [1.29, 1.82) is 0 Å². The minimum atomic E-state index is -0.174. The lowest BCUT2D eigenvalue weighted by atomic mass is 9.89. The van der Waals surface area contributed by atoms with Gasteiger partial charge >= 0.3 is 0 Å². The first-order valence-corrected chi connectivity index (χ1v) is 4.69. The summed E-state index contributed by atoms with van der Waals surface area (Å²) in [6.45, 7) is 0.107. The van der Waals surface area contributed by atoms with E-state index in [-0.39, 0.29) is 12.7 Å². The lowest BCUT2D eigenvalue weighted by Crippen LogP contribution is -2.18. The Labute approximate surface area is 77.8 Å². The first-order valence-electron chi connectivity index (χ1n) is 4.69. The van der Waals surface area contributed by atoms with Crippen molar-refractivity contribution in [2.45, 2.75) is 32.0 Å². The van der Waals surface area contributed by atoms with Gasteiger partial charge < -0.3 is 10.2 Å². The molecule has 0 bridgehead atoms. The highest BCUT2D eigenvalue weighted by molar-refractivity contribution is 5.34. The maximum Gasteiger partial charge on any atom is 0.0681 e. The van der Waals surface area contributed by atoms with Crippen molar-refractivity contribution in [2.75, 3.05) is 0 Å². The average molecular weight is 178 g/mol. The zero-order valence-corrected chi connectivity index (χ0v) is 7.53. The van der Waals surface area contributed by atoms with Gasteiger partial charge in [-0.1, -0.05) is 18.2 Å². The van der Waals surface area contributed by atoms with Crippen LogP contribution in [0.3, 0.4) is 0 Å². The van der Waals surface area contributed by atoms with Gasteiger partial charge in [-0.25, -0.2) is 0 Å². The lowest BCUT2D eigenvalue weighted by molar-refractivity contribution is 0.158. The molecule has 0 heterocycles. The van der Waals surface area contributed by atoms with Gasteiger partial charge in [0.1, 0.15) is 0 Å². The molecular weight excluding hydrogens is 164 g/mol. The molecule has 0 amide bonds. The number of aliphatic hydroxyl groups is 2. The molecule has 0 fully saturated rings. The fourth-order valence-corrected chi connectivity index (χ4v) is 1.89. The van der Waals surface area contributed by atoms with Crippen LogP contribution in [0.15, 0.2) is 18.2 Å². The van der Waals surface area contributed by atoms with Crippen molar-refractivity contribution in [3.63, 3.8) is 0 Å². The molecule has 0 saturated carbocycles. The zero-order valence-electron chi connectivity index (χ0n) is 7.53. The summed E-state index contributed by atoms with van der Waals surface area (Å²) in [6.07, 6.45) is 2.38. The Morgan fingerprint density at radius 2 is 2.15 bits per heavy atom. The Morgan fingerprint density at radius 1 is 1.31 bits per heavy atom. The number of hydrogen-bond acceptors (Lipinski definition) is 2. The largest absolute Gasteiger partial charge is 0.393 e. The summed E-state index contributed by atoms with van der Waals surface area (Å²) in [5.41, 5.74) is 3.49. The van der Waals surface area contributed by atoms with Gasteiger partial charge in [0.05, 0.1) is 12.7 Å². The average Bonchev–Trinajstić information content (AvgIpc) is 2.17. The number of benzene rings is 1. The molecule has 13 heavy (non-hydrogen) atoms. The third kappa shape index (κ3) is 1.74. The third-order valence-electron chi connectivity index (χ3n) is 2.66. The molecule has 1 aromatic carbocycles. The van der Waals surface area contributed by atoms with Gasteiger partial charge in [-0.3, -0.25) is 0 Å². The SMILES string of the molecule is OCc1ccc2c(c1)CCC(O)C2. The van der Waals surface area contributed by atoms with E-state index >= 15 is 0 Å². The molecular formula is C11H14O2. The van der Waals surface area contributed by atoms with Crippen molar-refractivity contribution in [3.8, 4) is 0 Å². The minimum Gasteiger partial charge on any atom is -0.393 e. The van der Waals surface area contributed by atoms with Crippen LogP contribution in [0.2, 0.25) is 0 Å². The summed E-state index contributed by atoms with van der Waals surface area (Å²) in [4.78, 5) is 0. The number of rotatable bonds is 1. The van der Waals surface area contributed by atoms with Crippen LogP contribution in [0.5, 0.6) is 0 Å². The molecule has 0 spiro atoms. The number of hydrogen-bond donors (Lipinski definition) is 2. The molecule has 1 atom stereocenters. The summed E-state index contributed by atoms with van der Waals surface area (Å²) >= 11 is 0. The molecule has 1 unspecified atom stereocenters. The van der Waals surface area contributed by atoms with Crippen molar-refractivity contribution >= 4 is 0 Å². The summed E-state index contributed by atoms with van der Waals surface area (Å²) < 4.78 is 0. The van der Waals surface area contributed by atoms with Gasteiger partial charge in [-0.05, 0) is 36.0 Å². The molecule has 0 aliphatic heterocycles. The van der Waals surface area contributed by atoms with E-state index in [0.717, 1.165) is 24.8 Å². The van der Waals surface area contributed by atoms with Gasteiger partial charge in [0.15, 0.2) is 0 Å². The van der Waals surface area contributed by atoms with E-state index in [2.05, 4.69) is 0 Å². The van der Waals surface area contributed by atoms with E-state index < -0.39 is 0 Å². The van der Waals surface area contributed by atoms with E-state index in [4.69, 9.17) is 5.11 Å². The monoisotopic (exact) mass is 178 g/mol. The molecule has 1 aromatic rings. The maximum absolute atomic E-state index is 9.43. The van der Waals surface area contributed by atoms with E-state index in [1.807, 2.05) is 18.2 Å². The zero-order chi connectivity index (χ0) is 9.26. The summed E-state index contributed by atoms with van der Waals surface area (Å²) in [5.74, 6) is 0. The van der Waals surface area contributed by atoms with Crippen LogP contribution in [0.4, 0.5) is 0 Å². The molecule has 0 radical (unpaired) electrons. The molecule has 70 valence electrons. The van der Waals surface area contributed by atoms with Crippen LogP contribution in [-0.4, -0.2) is 16.3 Å². The van der Waals surface area contributed by atoms with Gasteiger partial charge in [-0.15, -0.1) is 0 Å². The quantitative estimate of drug-likeness (QED) is 0.674. The Hall–Kier alpha value is -0.860. The fourth-order valence-electron chi connectivity index (χ4n) is 1.89. The molecule has 2 rings (SSSR count). The van der Waals surface area contributed by atoms with Crippen LogP contribution in [0.25, 0.3) is 0 Å². The van der Waals surface area contributed by atoms with Gasteiger partial charge in [0.25, 0.3) is 0 Å². The summed E-state index contributed by atoms with van der Waals surface area (Å²) in [6, 6.07) is 5.99. The van der Waals surface area contributed by atoms with Crippen molar-refractivity contribution in [1.82, 2.24) is 0 Å². The van der Waals surface area contributed by atoms with E-state index in [9.17, 15) is 5.11 Å². The first-order chi connectivity index (χ1) is 6.29. The molecule has 1 aliphatic carbocycles. The smallest absolute Gasteiger partial charge is 0.0681 e. The lowest BCUT2D eigenvalue weighted by Gasteiger charge is -2.20. The second-order valence-electron chi connectivity index (χ2n) is 3.66. The molecule has 0 aromatic heterocycles. The molecule has 2 heteroatoms. The van der Waals surface area contributed by atoms with Crippen LogP contribution < -0.4 is 0 Å². The van der Waals surface area contributed by atoms with E-state index in [1.165, 1.54) is 11.1 Å². The summed E-state index contributed by atoms with van der Waals surface area (Å²) in [7, 11) is 0. The highest BCUT2D eigenvalue weighted by atomic mass is 16.3. The maximum atomic E-state index is 9.43. The van der Waals surface area contributed by atoms with Crippen LogP contribution >= 0.6 is 0 Å². The van der Waals surface area contributed by atoms with E-state index in [1.54, 1.807) is 0 Å². The molecule has 2 N–H and O–H groups in total. The number of aryl methyl sites for hydroxylation is 1. The van der Waals surface area contributed by atoms with Crippen molar-refractivity contribution in [2.24, 2.45) is 0 Å². The Morgan fingerprint density at radius 3 is 2.92 bits per heavy atom. The second-order valence-corrected chi connectivity index (χ2v) is 3.66. The Kier molecular flexibility index (Phi) is 2.34. The fraction of sp³-hybridized carbons (Fsp3) is 0.455. The predicted molar refractivity (Wildman–Crippen MR) is 50.4 cm³/mol.